The average Bonchev–Trinajstić information content (AvgIpc) is 2.72. The van der Waals surface area contributed by atoms with E-state index in [1.165, 1.54) is 0 Å². The third kappa shape index (κ3) is 2.69. The van der Waals surface area contributed by atoms with Gasteiger partial charge in [0, 0.05) is 11.1 Å². The number of benzene rings is 3. The summed E-state index contributed by atoms with van der Waals surface area (Å²) in [5.74, 6) is -12.1. The Labute approximate surface area is 155 Å². The van der Waals surface area contributed by atoms with E-state index in [9.17, 15) is 26.7 Å². The molecule has 3 nitrogen and oxygen atoms in total. The Morgan fingerprint density at radius 3 is 1.64 bits per heavy atom. The van der Waals surface area contributed by atoms with E-state index in [0.29, 0.717) is 22.6 Å². The van der Waals surface area contributed by atoms with Crippen molar-refractivity contribution >= 4 is 11.6 Å². The van der Waals surface area contributed by atoms with E-state index in [2.05, 4.69) is 0 Å². The average molecular weight is 391 g/mol. The Morgan fingerprint density at radius 2 is 1.14 bits per heavy atom. The van der Waals surface area contributed by atoms with Crippen LogP contribution in [-0.4, -0.2) is 5.91 Å². The maximum Gasteiger partial charge on any atom is 0.236 e. The van der Waals surface area contributed by atoms with Gasteiger partial charge in [0.1, 0.15) is 17.2 Å². The number of hydrogen-bond acceptors (Lipinski definition) is 2. The Kier molecular flexibility index (Phi) is 4.26. The number of carbonyl (C=O) groups excluding carboxylic acids is 1. The lowest BCUT2D eigenvalue weighted by Gasteiger charge is -2.27. The molecule has 0 bridgehead atoms. The van der Waals surface area contributed by atoms with Gasteiger partial charge in [-0.1, -0.05) is 36.4 Å². The van der Waals surface area contributed by atoms with Crippen LogP contribution in [0.4, 0.5) is 27.6 Å². The molecule has 0 unspecified atom stereocenters. The van der Waals surface area contributed by atoms with Crippen molar-refractivity contribution in [1.29, 1.82) is 0 Å². The fourth-order valence-corrected chi connectivity index (χ4v) is 3.10. The summed E-state index contributed by atoms with van der Waals surface area (Å²) in [6.45, 7) is 0. The second-order valence-corrected chi connectivity index (χ2v) is 6.04. The first-order valence-electron chi connectivity index (χ1n) is 8.08. The molecule has 4 rings (SSSR count). The SMILES string of the molecule is O=C(Nc1c(F)c(F)c(F)c(F)c1F)C1c2ccccc2Oc2ccccc21. The fraction of sp³-hybridized carbons (Fsp3) is 0.0500. The van der Waals surface area contributed by atoms with Gasteiger partial charge in [-0.25, -0.2) is 22.0 Å². The number of rotatable bonds is 2. The normalized spacial score (nSPS) is 12.8. The summed E-state index contributed by atoms with van der Waals surface area (Å²) < 4.78 is 73.7. The zero-order valence-corrected chi connectivity index (χ0v) is 13.9. The van der Waals surface area contributed by atoms with Crippen molar-refractivity contribution in [1.82, 2.24) is 0 Å². The van der Waals surface area contributed by atoms with Crippen LogP contribution in [0.1, 0.15) is 17.0 Å². The Balaban J connectivity index is 1.81. The monoisotopic (exact) mass is 391 g/mol. The third-order valence-electron chi connectivity index (χ3n) is 4.40. The number of ether oxygens (including phenoxy) is 1. The molecule has 142 valence electrons. The highest BCUT2D eigenvalue weighted by molar-refractivity contribution is 5.99. The van der Waals surface area contributed by atoms with Gasteiger partial charge < -0.3 is 10.1 Å². The molecule has 3 aromatic carbocycles. The minimum absolute atomic E-state index is 0.346. The fourth-order valence-electron chi connectivity index (χ4n) is 3.10. The summed E-state index contributed by atoms with van der Waals surface area (Å²) >= 11 is 0. The molecule has 0 saturated heterocycles. The maximum absolute atomic E-state index is 14.0. The predicted octanol–water partition coefficient (Wildman–Crippen LogP) is 5.26. The molecule has 1 heterocycles. The van der Waals surface area contributed by atoms with E-state index in [-0.39, 0.29) is 0 Å². The Hall–Kier alpha value is -3.42. The van der Waals surface area contributed by atoms with Crippen LogP contribution >= 0.6 is 0 Å². The number of anilines is 1. The van der Waals surface area contributed by atoms with E-state index < -0.39 is 46.6 Å². The highest BCUT2D eigenvalue weighted by Crippen LogP contribution is 2.44. The molecule has 1 N–H and O–H groups in total. The van der Waals surface area contributed by atoms with Gasteiger partial charge >= 0.3 is 0 Å². The third-order valence-corrected chi connectivity index (χ3v) is 4.40. The molecule has 1 amide bonds. The molecule has 0 spiro atoms. The highest BCUT2D eigenvalue weighted by atomic mass is 19.2. The highest BCUT2D eigenvalue weighted by Gasteiger charge is 2.34. The molecule has 0 atom stereocenters. The summed E-state index contributed by atoms with van der Waals surface area (Å²) in [6.07, 6.45) is 0. The second kappa shape index (κ2) is 6.63. The van der Waals surface area contributed by atoms with E-state index in [1.54, 1.807) is 48.5 Å². The van der Waals surface area contributed by atoms with E-state index in [4.69, 9.17) is 4.74 Å². The summed E-state index contributed by atoms with van der Waals surface area (Å²) in [7, 11) is 0. The van der Waals surface area contributed by atoms with Crippen molar-refractivity contribution < 1.29 is 31.5 Å². The molecule has 0 radical (unpaired) electrons. The van der Waals surface area contributed by atoms with Crippen LogP contribution in [-0.2, 0) is 4.79 Å². The standard InChI is InChI=1S/C20H10F5NO2/c21-14-15(22)17(24)19(18(25)16(14)23)26-20(27)13-9-5-1-3-7-11(9)28-12-8-4-2-6-10(12)13/h1-8,13H,(H,26,27). The number of para-hydroxylation sites is 2. The van der Waals surface area contributed by atoms with Gasteiger partial charge in [-0.05, 0) is 12.1 Å². The molecule has 0 fully saturated rings. The Morgan fingerprint density at radius 1 is 0.714 bits per heavy atom. The van der Waals surface area contributed by atoms with Crippen LogP contribution in [0.15, 0.2) is 48.5 Å². The molecule has 3 aromatic rings. The molecule has 0 aromatic heterocycles. The summed E-state index contributed by atoms with van der Waals surface area (Å²) in [4.78, 5) is 12.9. The van der Waals surface area contributed by atoms with Crippen molar-refractivity contribution in [3.63, 3.8) is 0 Å². The number of hydrogen-bond donors (Lipinski definition) is 1. The summed E-state index contributed by atoms with van der Waals surface area (Å²) in [5.41, 5.74) is -0.618. The van der Waals surface area contributed by atoms with Crippen LogP contribution in [0.3, 0.4) is 0 Å². The van der Waals surface area contributed by atoms with Gasteiger partial charge in [-0.2, -0.15) is 0 Å². The van der Waals surface area contributed by atoms with Gasteiger partial charge in [0.2, 0.25) is 11.7 Å². The van der Waals surface area contributed by atoms with Crippen LogP contribution in [0.25, 0.3) is 0 Å². The lowest BCUT2D eigenvalue weighted by molar-refractivity contribution is -0.116. The van der Waals surface area contributed by atoms with Gasteiger partial charge in [-0.15, -0.1) is 0 Å². The second-order valence-electron chi connectivity index (χ2n) is 6.04. The first-order valence-corrected chi connectivity index (χ1v) is 8.08. The van der Waals surface area contributed by atoms with Crippen molar-refractivity contribution in [2.24, 2.45) is 0 Å². The molecule has 1 aliphatic rings. The largest absolute Gasteiger partial charge is 0.457 e. The van der Waals surface area contributed by atoms with Crippen LogP contribution < -0.4 is 10.1 Å². The minimum Gasteiger partial charge on any atom is -0.457 e. The van der Waals surface area contributed by atoms with Crippen molar-refractivity contribution in [2.45, 2.75) is 5.92 Å². The zero-order valence-electron chi connectivity index (χ0n) is 13.9. The quantitative estimate of drug-likeness (QED) is 0.368. The van der Waals surface area contributed by atoms with Crippen molar-refractivity contribution in [3.05, 3.63) is 88.7 Å². The van der Waals surface area contributed by atoms with Crippen molar-refractivity contribution in [3.8, 4) is 11.5 Å². The summed E-state index contributed by atoms with van der Waals surface area (Å²) in [5, 5.41) is 1.85. The molecule has 28 heavy (non-hydrogen) atoms. The van der Waals surface area contributed by atoms with E-state index >= 15 is 0 Å². The van der Waals surface area contributed by atoms with Gasteiger partial charge in [0.15, 0.2) is 23.3 Å². The Bertz CT molecular complexity index is 1040. The number of halogens is 5. The van der Waals surface area contributed by atoms with Gasteiger partial charge in [0.25, 0.3) is 0 Å². The van der Waals surface area contributed by atoms with Crippen LogP contribution in [0.2, 0.25) is 0 Å². The predicted molar refractivity (Wildman–Crippen MR) is 89.7 cm³/mol. The number of nitrogens with one attached hydrogen (secondary N) is 1. The molecular formula is C20H10F5NO2. The molecular weight excluding hydrogens is 381 g/mol. The lowest BCUT2D eigenvalue weighted by atomic mass is 9.87. The molecule has 0 saturated carbocycles. The molecule has 8 heteroatoms. The first kappa shape index (κ1) is 18.0. The first-order chi connectivity index (χ1) is 13.4. The number of fused-ring (bicyclic) bond motifs is 2. The minimum atomic E-state index is -2.30. The lowest BCUT2D eigenvalue weighted by Crippen LogP contribution is -2.26. The van der Waals surface area contributed by atoms with E-state index in [1.807, 2.05) is 5.32 Å². The molecule has 1 aliphatic heterocycles. The molecule has 0 aliphatic carbocycles. The van der Waals surface area contributed by atoms with E-state index in [0.717, 1.165) is 0 Å². The zero-order chi connectivity index (χ0) is 20.0. The maximum atomic E-state index is 14.0. The summed E-state index contributed by atoms with van der Waals surface area (Å²) in [6, 6.07) is 13.0. The van der Waals surface area contributed by atoms with Crippen molar-refractivity contribution in [2.75, 3.05) is 5.32 Å². The van der Waals surface area contributed by atoms with Gasteiger partial charge in [0.05, 0.1) is 5.92 Å². The van der Waals surface area contributed by atoms with Crippen LogP contribution in [0.5, 0.6) is 11.5 Å². The van der Waals surface area contributed by atoms with Crippen LogP contribution in [0, 0.1) is 29.1 Å². The number of carbonyl (C=O) groups is 1. The topological polar surface area (TPSA) is 38.3 Å². The number of amides is 1. The smallest absolute Gasteiger partial charge is 0.236 e. The van der Waals surface area contributed by atoms with Gasteiger partial charge in [-0.3, -0.25) is 4.79 Å².